The molecule has 3 N–H and O–H groups in total. The molecule has 0 aromatic rings. The van der Waals surface area contributed by atoms with Gasteiger partial charge >= 0.3 is 19.8 Å². The van der Waals surface area contributed by atoms with Crippen molar-refractivity contribution in [3.63, 3.8) is 0 Å². The highest BCUT2D eigenvalue weighted by molar-refractivity contribution is 7.47. The van der Waals surface area contributed by atoms with Crippen LogP contribution in [0, 0.1) is 0 Å². The summed E-state index contributed by atoms with van der Waals surface area (Å²) >= 11 is 0. The number of rotatable bonds is 63. The first-order valence-corrected chi connectivity index (χ1v) is 34.9. The van der Waals surface area contributed by atoms with Crippen LogP contribution in [0.5, 0.6) is 0 Å². The molecule has 460 valence electrons. The van der Waals surface area contributed by atoms with E-state index in [1.807, 2.05) is 0 Å². The van der Waals surface area contributed by atoms with E-state index in [4.69, 9.17) is 24.3 Å². The largest absolute Gasteiger partial charge is 0.472 e. The van der Waals surface area contributed by atoms with Gasteiger partial charge in [0.1, 0.15) is 6.61 Å². The van der Waals surface area contributed by atoms with Crippen molar-refractivity contribution in [1.82, 2.24) is 0 Å². The van der Waals surface area contributed by atoms with Gasteiger partial charge in [-0.3, -0.25) is 18.6 Å². The third kappa shape index (κ3) is 64.5. The fourth-order valence-electron chi connectivity index (χ4n) is 9.59. The molecule has 0 amide bonds. The number of carbonyl (C=O) groups excluding carboxylic acids is 2. The standard InChI is InChI=1S/C69H126NO8P/c1-3-5-7-9-11-13-15-17-19-21-23-24-25-26-27-28-29-30-31-32-33-34-35-36-37-38-39-40-41-42-44-46-48-50-52-54-56-58-60-62-69(72)78-67(66-77-79(73,74)76-64-63-70)65-75-68(71)61-59-57-55-53-51-49-47-45-43-22-20-18-16-14-12-10-8-6-4-2/h12,14-15,17-18,20-21,23,25-26,43,45,67H,3-11,13,16,19,22,24,27-42,44,46-66,70H2,1-2H3,(H,73,74)/b14-12-,17-15-,20-18-,23-21-,26-25-,45-43-. The highest BCUT2D eigenvalue weighted by atomic mass is 31.2. The Morgan fingerprint density at radius 2 is 0.658 bits per heavy atom. The lowest BCUT2D eigenvalue weighted by Gasteiger charge is -2.19. The molecule has 0 fully saturated rings. The maximum atomic E-state index is 12.7. The number of allylic oxidation sites excluding steroid dienone is 12. The van der Waals surface area contributed by atoms with Crippen LogP contribution in [0.25, 0.3) is 0 Å². The molecule has 0 aliphatic carbocycles. The van der Waals surface area contributed by atoms with Gasteiger partial charge in [0.25, 0.3) is 0 Å². The van der Waals surface area contributed by atoms with Crippen molar-refractivity contribution in [2.45, 2.75) is 328 Å². The Balaban J connectivity index is 3.81. The molecule has 2 atom stereocenters. The normalized spacial score (nSPS) is 13.4. The maximum Gasteiger partial charge on any atom is 0.472 e. The number of esters is 2. The molecule has 0 rings (SSSR count). The predicted octanol–water partition coefficient (Wildman–Crippen LogP) is 21.6. The summed E-state index contributed by atoms with van der Waals surface area (Å²) in [7, 11) is -4.39. The fraction of sp³-hybridized carbons (Fsp3) is 0.797. The molecule has 0 heterocycles. The van der Waals surface area contributed by atoms with Gasteiger partial charge in [-0.15, -0.1) is 0 Å². The molecule has 9 nitrogen and oxygen atoms in total. The zero-order chi connectivity index (χ0) is 57.3. The maximum absolute atomic E-state index is 12.7. The van der Waals surface area contributed by atoms with Crippen LogP contribution >= 0.6 is 7.82 Å². The van der Waals surface area contributed by atoms with Crippen molar-refractivity contribution >= 4 is 19.8 Å². The van der Waals surface area contributed by atoms with Gasteiger partial charge < -0.3 is 20.1 Å². The molecule has 0 aliphatic rings. The molecule has 0 aliphatic heterocycles. The van der Waals surface area contributed by atoms with Crippen LogP contribution in [-0.4, -0.2) is 49.3 Å². The van der Waals surface area contributed by atoms with Crippen LogP contribution in [0.4, 0.5) is 0 Å². The molecule has 0 spiro atoms. The molecule has 0 aromatic heterocycles. The Kier molecular flexibility index (Phi) is 62.5. The van der Waals surface area contributed by atoms with Gasteiger partial charge in [-0.2, -0.15) is 0 Å². The van der Waals surface area contributed by atoms with Gasteiger partial charge in [-0.1, -0.05) is 292 Å². The second kappa shape index (κ2) is 64.6. The Labute approximate surface area is 488 Å². The van der Waals surface area contributed by atoms with E-state index in [1.54, 1.807) is 0 Å². The molecule has 0 saturated heterocycles. The average Bonchev–Trinajstić information content (AvgIpc) is 3.44. The monoisotopic (exact) mass is 1130 g/mol. The molecular weight excluding hydrogens is 1000 g/mol. The van der Waals surface area contributed by atoms with Gasteiger partial charge in [0.2, 0.25) is 0 Å². The second-order valence-electron chi connectivity index (χ2n) is 22.3. The number of phosphoric ester groups is 1. The smallest absolute Gasteiger partial charge is 0.462 e. The first kappa shape index (κ1) is 76.5. The lowest BCUT2D eigenvalue weighted by Crippen LogP contribution is -2.29. The number of hydrogen-bond acceptors (Lipinski definition) is 8. The van der Waals surface area contributed by atoms with E-state index in [0.29, 0.717) is 6.42 Å². The molecule has 10 heteroatoms. The van der Waals surface area contributed by atoms with Crippen molar-refractivity contribution in [2.24, 2.45) is 5.73 Å². The van der Waals surface area contributed by atoms with Crippen LogP contribution in [0.2, 0.25) is 0 Å². The summed E-state index contributed by atoms with van der Waals surface area (Å²) in [4.78, 5) is 35.2. The van der Waals surface area contributed by atoms with Crippen molar-refractivity contribution in [1.29, 1.82) is 0 Å². The number of unbranched alkanes of at least 4 members (excludes halogenated alkanes) is 38. The van der Waals surface area contributed by atoms with E-state index in [1.165, 1.54) is 218 Å². The van der Waals surface area contributed by atoms with E-state index in [0.717, 1.165) is 70.6 Å². The SMILES string of the molecule is CCCCC/C=C\C/C=C\C/C=C\CCCCCCCCC(=O)OCC(COP(=O)(O)OCCN)OC(=O)CCCCCCCCCCCCCCCCCCCCCCCCCC/C=C\C/C=C\C/C=C\CCCCCCC. The number of nitrogens with two attached hydrogens (primary N) is 1. The van der Waals surface area contributed by atoms with Gasteiger partial charge in [0.15, 0.2) is 6.10 Å². The predicted molar refractivity (Wildman–Crippen MR) is 339 cm³/mol. The van der Waals surface area contributed by atoms with Gasteiger partial charge in [0.05, 0.1) is 13.2 Å². The third-order valence-corrected chi connectivity index (χ3v) is 15.5. The Hall–Kier alpha value is -2.55. The molecular formula is C69H126NO8P. The van der Waals surface area contributed by atoms with E-state index in [9.17, 15) is 19.0 Å². The van der Waals surface area contributed by atoms with E-state index >= 15 is 0 Å². The van der Waals surface area contributed by atoms with Crippen LogP contribution in [0.1, 0.15) is 322 Å². The van der Waals surface area contributed by atoms with Crippen LogP contribution in [0.15, 0.2) is 72.9 Å². The van der Waals surface area contributed by atoms with Crippen molar-refractivity contribution in [3.05, 3.63) is 72.9 Å². The summed E-state index contributed by atoms with van der Waals surface area (Å²) < 4.78 is 33.1. The van der Waals surface area contributed by atoms with Crippen LogP contribution in [-0.2, 0) is 32.7 Å². The summed E-state index contributed by atoms with van der Waals surface area (Å²) in [5, 5.41) is 0. The molecule has 2 unspecified atom stereocenters. The summed E-state index contributed by atoms with van der Waals surface area (Å²) in [6.45, 7) is 3.72. The Morgan fingerprint density at radius 3 is 1.00 bits per heavy atom. The van der Waals surface area contributed by atoms with Crippen molar-refractivity contribution < 1.29 is 37.6 Å². The van der Waals surface area contributed by atoms with Gasteiger partial charge in [-0.25, -0.2) is 4.57 Å². The quantitative estimate of drug-likeness (QED) is 0.0264. The summed E-state index contributed by atoms with van der Waals surface area (Å²) in [6, 6.07) is 0. The van der Waals surface area contributed by atoms with Crippen molar-refractivity contribution in [2.75, 3.05) is 26.4 Å². The van der Waals surface area contributed by atoms with Crippen LogP contribution < -0.4 is 5.73 Å². The van der Waals surface area contributed by atoms with E-state index in [-0.39, 0.29) is 38.6 Å². The Morgan fingerprint density at radius 1 is 0.380 bits per heavy atom. The Bertz CT molecular complexity index is 1520. The average molecular weight is 1130 g/mol. The minimum Gasteiger partial charge on any atom is -0.462 e. The molecule has 79 heavy (non-hydrogen) atoms. The summed E-state index contributed by atoms with van der Waals surface area (Å²) in [5.41, 5.74) is 5.39. The number of ether oxygens (including phenoxy) is 2. The first-order chi connectivity index (χ1) is 38.8. The minimum absolute atomic E-state index is 0.0506. The van der Waals surface area contributed by atoms with E-state index < -0.39 is 26.5 Å². The van der Waals surface area contributed by atoms with Crippen LogP contribution in [0.3, 0.4) is 0 Å². The number of phosphoric acid groups is 1. The number of carbonyl (C=O) groups is 2. The fourth-order valence-corrected chi connectivity index (χ4v) is 10.4. The lowest BCUT2D eigenvalue weighted by atomic mass is 10.0. The van der Waals surface area contributed by atoms with E-state index in [2.05, 4.69) is 86.8 Å². The summed E-state index contributed by atoms with van der Waals surface area (Å²) in [5.74, 6) is -0.832. The summed E-state index contributed by atoms with van der Waals surface area (Å²) in [6.07, 6.45) is 84.3. The third-order valence-electron chi connectivity index (χ3n) is 14.6. The highest BCUT2D eigenvalue weighted by Gasteiger charge is 2.26. The molecule has 0 saturated carbocycles. The molecule has 0 radical (unpaired) electrons. The molecule has 0 aromatic carbocycles. The van der Waals surface area contributed by atoms with Gasteiger partial charge in [0, 0.05) is 19.4 Å². The lowest BCUT2D eigenvalue weighted by molar-refractivity contribution is -0.161. The topological polar surface area (TPSA) is 134 Å². The zero-order valence-electron chi connectivity index (χ0n) is 51.6. The molecule has 0 bridgehead atoms. The second-order valence-corrected chi connectivity index (χ2v) is 23.8. The van der Waals surface area contributed by atoms with Gasteiger partial charge in [-0.05, 0) is 89.9 Å². The highest BCUT2D eigenvalue weighted by Crippen LogP contribution is 2.43. The number of hydrogen-bond donors (Lipinski definition) is 2. The zero-order valence-corrected chi connectivity index (χ0v) is 52.5. The first-order valence-electron chi connectivity index (χ1n) is 33.4. The van der Waals surface area contributed by atoms with Crippen molar-refractivity contribution in [3.8, 4) is 0 Å². The minimum atomic E-state index is -4.39.